The second-order valence-electron chi connectivity index (χ2n) is 9.49. The van der Waals surface area contributed by atoms with Crippen molar-refractivity contribution in [1.82, 2.24) is 10.2 Å². The van der Waals surface area contributed by atoms with E-state index >= 15 is 0 Å². The van der Waals surface area contributed by atoms with Crippen LogP contribution >= 0.6 is 22.6 Å². The SMILES string of the molecule is COCCC(=O)N(CCc1cccc(F)c1)[C@@H]1CC(C(=O)NCCO)=C[C@H](Oc2c(I)cc(CO)cc2OC)[C@H]1O. The average Bonchev–Trinajstić information content (AvgIpc) is 2.97. The Morgan fingerprint density at radius 3 is 2.61 bits per heavy atom. The quantitative estimate of drug-likeness (QED) is 0.222. The van der Waals surface area contributed by atoms with Gasteiger partial charge in [-0.15, -0.1) is 0 Å². The first-order valence-electron chi connectivity index (χ1n) is 13.2. The van der Waals surface area contributed by atoms with E-state index in [4.69, 9.17) is 14.2 Å². The minimum Gasteiger partial charge on any atom is -0.493 e. The van der Waals surface area contributed by atoms with Crippen molar-refractivity contribution in [2.45, 2.75) is 44.1 Å². The third kappa shape index (κ3) is 8.85. The van der Waals surface area contributed by atoms with Crippen molar-refractivity contribution < 1.29 is 43.5 Å². The Hall–Kier alpha value is -2.78. The van der Waals surface area contributed by atoms with Gasteiger partial charge in [0.05, 0.1) is 43.0 Å². The van der Waals surface area contributed by atoms with Crippen LogP contribution < -0.4 is 14.8 Å². The van der Waals surface area contributed by atoms with Crippen molar-refractivity contribution in [1.29, 1.82) is 0 Å². The largest absolute Gasteiger partial charge is 0.493 e. The fraction of sp³-hybridized carbons (Fsp3) is 0.448. The molecule has 12 heteroatoms. The zero-order valence-corrected chi connectivity index (χ0v) is 25.2. The molecule has 0 fully saturated rings. The van der Waals surface area contributed by atoms with E-state index in [9.17, 15) is 29.3 Å². The van der Waals surface area contributed by atoms with Crippen molar-refractivity contribution in [3.8, 4) is 11.5 Å². The maximum absolute atomic E-state index is 13.8. The Kier molecular flexibility index (Phi) is 12.8. The smallest absolute Gasteiger partial charge is 0.247 e. The molecule has 0 bridgehead atoms. The van der Waals surface area contributed by atoms with E-state index in [-0.39, 0.29) is 57.2 Å². The van der Waals surface area contributed by atoms with Crippen LogP contribution in [0.25, 0.3) is 0 Å². The second kappa shape index (κ2) is 16.0. The summed E-state index contributed by atoms with van der Waals surface area (Å²) in [6.07, 6.45) is -0.418. The number of halogens is 2. The number of rotatable bonds is 14. The topological polar surface area (TPSA) is 138 Å². The van der Waals surface area contributed by atoms with Gasteiger partial charge in [0.2, 0.25) is 11.8 Å². The Morgan fingerprint density at radius 1 is 1.17 bits per heavy atom. The molecule has 0 aromatic heterocycles. The average molecular weight is 687 g/mol. The molecule has 2 aromatic rings. The molecule has 4 N–H and O–H groups in total. The Bertz CT molecular complexity index is 1230. The van der Waals surface area contributed by atoms with Gasteiger partial charge in [-0.2, -0.15) is 0 Å². The highest BCUT2D eigenvalue weighted by atomic mass is 127. The first-order chi connectivity index (χ1) is 19.7. The Morgan fingerprint density at radius 2 is 1.95 bits per heavy atom. The van der Waals surface area contributed by atoms with E-state index in [0.717, 1.165) is 0 Å². The van der Waals surface area contributed by atoms with Crippen LogP contribution in [-0.4, -0.2) is 90.8 Å². The van der Waals surface area contributed by atoms with Gasteiger partial charge in [0, 0.05) is 32.2 Å². The van der Waals surface area contributed by atoms with Crippen LogP contribution in [0.4, 0.5) is 4.39 Å². The summed E-state index contributed by atoms with van der Waals surface area (Å²) in [4.78, 5) is 27.9. The van der Waals surface area contributed by atoms with Crippen LogP contribution in [0.5, 0.6) is 11.5 Å². The molecule has 0 heterocycles. The molecule has 0 aliphatic heterocycles. The molecule has 0 radical (unpaired) electrons. The molecule has 2 aromatic carbocycles. The van der Waals surface area contributed by atoms with Crippen LogP contribution in [0.15, 0.2) is 48.0 Å². The number of nitrogens with zero attached hydrogens (tertiary/aromatic N) is 1. The summed E-state index contributed by atoms with van der Waals surface area (Å²) in [6, 6.07) is 8.53. The summed E-state index contributed by atoms with van der Waals surface area (Å²) in [6.45, 7) is -0.131. The van der Waals surface area contributed by atoms with Gasteiger partial charge in [-0.1, -0.05) is 12.1 Å². The van der Waals surface area contributed by atoms with E-state index in [1.807, 2.05) is 22.6 Å². The summed E-state index contributed by atoms with van der Waals surface area (Å²) in [7, 11) is 2.93. The minimum atomic E-state index is -1.25. The van der Waals surface area contributed by atoms with E-state index < -0.39 is 30.0 Å². The monoisotopic (exact) mass is 686 g/mol. The van der Waals surface area contributed by atoms with Gasteiger partial charge >= 0.3 is 0 Å². The molecule has 1 aliphatic carbocycles. The van der Waals surface area contributed by atoms with Crippen LogP contribution in [-0.2, 0) is 27.4 Å². The molecule has 10 nitrogen and oxygen atoms in total. The standard InChI is InChI=1S/C29H36FIN2O8/c1-39-11-7-26(36)33(9-6-18-4-3-5-21(30)12-18)23-15-20(29(38)32-8-10-34)16-24(27(23)37)41-28-22(31)13-19(17-35)14-25(28)40-2/h3-5,12-14,16,23-24,27,34-35,37H,6-11,15,17H2,1-2H3,(H,32,38)/t23-,24+,27+/m1/s1. The number of ether oxygens (including phenoxy) is 3. The zero-order chi connectivity index (χ0) is 29.9. The number of hydrogen-bond donors (Lipinski definition) is 4. The molecule has 0 saturated carbocycles. The van der Waals surface area contributed by atoms with Crippen molar-refractivity contribution >= 4 is 34.4 Å². The van der Waals surface area contributed by atoms with Crippen LogP contribution in [0.1, 0.15) is 24.0 Å². The van der Waals surface area contributed by atoms with Crippen molar-refractivity contribution in [3.63, 3.8) is 0 Å². The van der Waals surface area contributed by atoms with E-state index in [2.05, 4.69) is 5.32 Å². The van der Waals surface area contributed by atoms with Crippen LogP contribution in [0, 0.1) is 9.39 Å². The first kappa shape index (κ1) is 32.7. The lowest BCUT2D eigenvalue weighted by Gasteiger charge is -2.40. The van der Waals surface area contributed by atoms with Crippen molar-refractivity contribution in [2.75, 3.05) is 40.5 Å². The number of carbonyl (C=O) groups excluding carboxylic acids is 2. The van der Waals surface area contributed by atoms with Gasteiger partial charge < -0.3 is 39.7 Å². The number of carbonyl (C=O) groups is 2. The predicted molar refractivity (Wildman–Crippen MR) is 157 cm³/mol. The number of nitrogens with one attached hydrogen (secondary N) is 1. The van der Waals surface area contributed by atoms with Crippen molar-refractivity contribution in [2.24, 2.45) is 0 Å². The summed E-state index contributed by atoms with van der Waals surface area (Å²) >= 11 is 2.03. The summed E-state index contributed by atoms with van der Waals surface area (Å²) in [5, 5.41) is 33.0. The third-order valence-corrected chi connectivity index (χ3v) is 7.51. The van der Waals surface area contributed by atoms with Crippen molar-refractivity contribution in [3.05, 3.63) is 68.6 Å². The highest BCUT2D eigenvalue weighted by Gasteiger charge is 2.40. The number of amides is 2. The maximum Gasteiger partial charge on any atom is 0.247 e. The lowest BCUT2D eigenvalue weighted by molar-refractivity contribution is -0.139. The minimum absolute atomic E-state index is 0.0256. The number of methoxy groups -OCH3 is 2. The molecule has 1 aliphatic rings. The lowest BCUT2D eigenvalue weighted by Crippen LogP contribution is -2.55. The molecule has 41 heavy (non-hydrogen) atoms. The van der Waals surface area contributed by atoms with Gasteiger partial charge in [0.25, 0.3) is 0 Å². The summed E-state index contributed by atoms with van der Waals surface area (Å²) in [5.74, 6) is -0.529. The molecule has 3 atom stereocenters. The maximum atomic E-state index is 13.8. The molecular weight excluding hydrogens is 650 g/mol. The molecule has 2 amide bonds. The Balaban J connectivity index is 1.99. The van der Waals surface area contributed by atoms with Gasteiger partial charge in [-0.3, -0.25) is 9.59 Å². The molecule has 0 saturated heterocycles. The van der Waals surface area contributed by atoms with Gasteiger partial charge in [0.1, 0.15) is 18.0 Å². The number of aliphatic hydroxyl groups is 3. The molecule has 3 rings (SSSR count). The van der Waals surface area contributed by atoms with Crippen LogP contribution in [0.2, 0.25) is 0 Å². The fourth-order valence-electron chi connectivity index (χ4n) is 4.65. The molecular formula is C29H36FIN2O8. The second-order valence-corrected chi connectivity index (χ2v) is 10.7. The van der Waals surface area contributed by atoms with Gasteiger partial charge in [-0.25, -0.2) is 4.39 Å². The normalized spacial score (nSPS) is 18.4. The number of hydrogen-bond acceptors (Lipinski definition) is 8. The third-order valence-electron chi connectivity index (χ3n) is 6.71. The van der Waals surface area contributed by atoms with Gasteiger partial charge in [0.15, 0.2) is 11.5 Å². The molecule has 224 valence electrons. The highest BCUT2D eigenvalue weighted by molar-refractivity contribution is 14.1. The lowest BCUT2D eigenvalue weighted by atomic mass is 9.87. The summed E-state index contributed by atoms with van der Waals surface area (Å²) < 4.78 is 31.2. The van der Waals surface area contributed by atoms with E-state index in [0.29, 0.717) is 32.6 Å². The fourth-order valence-corrected chi connectivity index (χ4v) is 5.44. The zero-order valence-electron chi connectivity index (χ0n) is 23.0. The predicted octanol–water partition coefficient (Wildman–Crippen LogP) is 1.95. The van der Waals surface area contributed by atoms with Gasteiger partial charge in [-0.05, 0) is 70.5 Å². The molecule has 0 spiro atoms. The number of aliphatic hydroxyl groups excluding tert-OH is 3. The first-order valence-corrected chi connectivity index (χ1v) is 14.2. The molecule has 0 unspecified atom stereocenters. The van der Waals surface area contributed by atoms with Crippen LogP contribution in [0.3, 0.4) is 0 Å². The van der Waals surface area contributed by atoms with E-state index in [1.165, 1.54) is 37.3 Å². The highest BCUT2D eigenvalue weighted by Crippen LogP contribution is 2.37. The van der Waals surface area contributed by atoms with E-state index in [1.54, 1.807) is 24.3 Å². The summed E-state index contributed by atoms with van der Waals surface area (Å²) in [5.41, 5.74) is 1.55. The number of benzene rings is 2. The Labute approximate surface area is 252 Å².